The Labute approximate surface area is 106 Å². The van der Waals surface area contributed by atoms with E-state index in [-0.39, 0.29) is 5.91 Å². The first-order valence-electron chi connectivity index (χ1n) is 6.40. The molecule has 6 nitrogen and oxygen atoms in total. The van der Waals surface area contributed by atoms with Crippen LogP contribution in [0, 0.1) is 5.92 Å². The van der Waals surface area contributed by atoms with E-state index in [9.17, 15) is 9.59 Å². The molecule has 3 unspecified atom stereocenters. The van der Waals surface area contributed by atoms with Gasteiger partial charge in [-0.25, -0.2) is 4.79 Å². The molecule has 2 fully saturated rings. The van der Waals surface area contributed by atoms with E-state index >= 15 is 0 Å². The highest BCUT2D eigenvalue weighted by molar-refractivity contribution is 5.82. The molecular weight excluding hydrogens is 238 g/mol. The SMILES string of the molecule is O=C(O)C1CCC(C(=O)NCC2CCCOC2)O1. The molecule has 1 amide bonds. The maximum atomic E-state index is 11.8. The molecule has 0 saturated carbocycles. The number of rotatable bonds is 4. The fraction of sp³-hybridized carbons (Fsp3) is 0.833. The molecule has 18 heavy (non-hydrogen) atoms. The number of carbonyl (C=O) groups excluding carboxylic acids is 1. The lowest BCUT2D eigenvalue weighted by Gasteiger charge is -2.22. The van der Waals surface area contributed by atoms with E-state index in [0.717, 1.165) is 19.4 Å². The van der Waals surface area contributed by atoms with E-state index in [0.29, 0.717) is 31.9 Å². The van der Waals surface area contributed by atoms with Crippen LogP contribution in [-0.4, -0.2) is 48.9 Å². The van der Waals surface area contributed by atoms with Gasteiger partial charge in [-0.3, -0.25) is 4.79 Å². The number of nitrogens with one attached hydrogen (secondary N) is 1. The number of carbonyl (C=O) groups is 2. The minimum absolute atomic E-state index is 0.204. The number of amides is 1. The maximum Gasteiger partial charge on any atom is 0.332 e. The average molecular weight is 257 g/mol. The van der Waals surface area contributed by atoms with Crippen LogP contribution in [0.25, 0.3) is 0 Å². The number of carboxylic acids is 1. The summed E-state index contributed by atoms with van der Waals surface area (Å²) >= 11 is 0. The second kappa shape index (κ2) is 6.15. The normalized spacial score (nSPS) is 32.1. The van der Waals surface area contributed by atoms with Crippen molar-refractivity contribution < 1.29 is 24.2 Å². The van der Waals surface area contributed by atoms with Crippen molar-refractivity contribution in [2.45, 2.75) is 37.9 Å². The molecule has 0 aromatic rings. The Bertz CT molecular complexity index is 314. The maximum absolute atomic E-state index is 11.8. The summed E-state index contributed by atoms with van der Waals surface area (Å²) in [4.78, 5) is 22.5. The minimum Gasteiger partial charge on any atom is -0.479 e. The smallest absolute Gasteiger partial charge is 0.332 e. The zero-order valence-electron chi connectivity index (χ0n) is 10.3. The van der Waals surface area contributed by atoms with Gasteiger partial charge < -0.3 is 19.9 Å². The fourth-order valence-corrected chi connectivity index (χ4v) is 2.34. The van der Waals surface area contributed by atoms with Gasteiger partial charge in [-0.15, -0.1) is 0 Å². The summed E-state index contributed by atoms with van der Waals surface area (Å²) in [6.45, 7) is 2.07. The van der Waals surface area contributed by atoms with E-state index in [1.165, 1.54) is 0 Å². The standard InChI is InChI=1S/C12H19NO5/c14-11(9-3-4-10(18-9)12(15)16)13-6-8-2-1-5-17-7-8/h8-10H,1-7H2,(H,13,14)(H,15,16). The molecule has 3 atom stereocenters. The van der Waals surface area contributed by atoms with E-state index < -0.39 is 18.2 Å². The Balaban J connectivity index is 1.70. The fourth-order valence-electron chi connectivity index (χ4n) is 2.34. The van der Waals surface area contributed by atoms with E-state index in [4.69, 9.17) is 14.6 Å². The van der Waals surface area contributed by atoms with Crippen molar-refractivity contribution in [1.82, 2.24) is 5.32 Å². The third kappa shape index (κ3) is 3.43. The number of carboxylic acid groups (broad SMARTS) is 1. The lowest BCUT2D eigenvalue weighted by molar-refractivity contribution is -0.151. The van der Waals surface area contributed by atoms with Gasteiger partial charge in [0.05, 0.1) is 6.61 Å². The Morgan fingerprint density at radius 3 is 2.61 bits per heavy atom. The van der Waals surface area contributed by atoms with Gasteiger partial charge in [0.15, 0.2) is 6.10 Å². The number of ether oxygens (including phenoxy) is 2. The summed E-state index contributed by atoms with van der Waals surface area (Å²) in [6, 6.07) is 0. The molecule has 6 heteroatoms. The average Bonchev–Trinajstić information content (AvgIpc) is 2.87. The Morgan fingerprint density at radius 2 is 2.00 bits per heavy atom. The van der Waals surface area contributed by atoms with Gasteiger partial charge in [-0.05, 0) is 31.6 Å². The predicted molar refractivity (Wildman–Crippen MR) is 62.1 cm³/mol. The van der Waals surface area contributed by atoms with Crippen molar-refractivity contribution in [2.75, 3.05) is 19.8 Å². The number of hydrogen-bond donors (Lipinski definition) is 2. The molecule has 0 spiro atoms. The first kappa shape index (κ1) is 13.3. The van der Waals surface area contributed by atoms with Crippen molar-refractivity contribution in [3.05, 3.63) is 0 Å². The zero-order valence-corrected chi connectivity index (χ0v) is 10.3. The van der Waals surface area contributed by atoms with Gasteiger partial charge in [0.1, 0.15) is 6.10 Å². The van der Waals surface area contributed by atoms with Crippen molar-refractivity contribution in [1.29, 1.82) is 0 Å². The number of aliphatic carboxylic acids is 1. The minimum atomic E-state index is -0.994. The van der Waals surface area contributed by atoms with Crippen molar-refractivity contribution in [2.24, 2.45) is 5.92 Å². The van der Waals surface area contributed by atoms with Crippen LogP contribution in [0.1, 0.15) is 25.7 Å². The van der Waals surface area contributed by atoms with Crippen LogP contribution in [0.5, 0.6) is 0 Å². The second-order valence-electron chi connectivity index (χ2n) is 4.86. The van der Waals surface area contributed by atoms with Crippen LogP contribution in [0.4, 0.5) is 0 Å². The Kier molecular flexibility index (Phi) is 4.54. The highest BCUT2D eigenvalue weighted by atomic mass is 16.5. The molecule has 2 N–H and O–H groups in total. The lowest BCUT2D eigenvalue weighted by Crippen LogP contribution is -2.39. The second-order valence-corrected chi connectivity index (χ2v) is 4.86. The Hall–Kier alpha value is -1.14. The van der Waals surface area contributed by atoms with E-state index in [1.807, 2.05) is 0 Å². The summed E-state index contributed by atoms with van der Waals surface area (Å²) in [7, 11) is 0. The van der Waals surface area contributed by atoms with Gasteiger partial charge in [0.25, 0.3) is 0 Å². The van der Waals surface area contributed by atoms with Crippen LogP contribution >= 0.6 is 0 Å². The topological polar surface area (TPSA) is 84.9 Å². The molecule has 2 aliphatic rings. The Morgan fingerprint density at radius 1 is 1.22 bits per heavy atom. The molecule has 0 bridgehead atoms. The summed E-state index contributed by atoms with van der Waals surface area (Å²) in [5, 5.41) is 11.6. The third-order valence-corrected chi connectivity index (χ3v) is 3.41. The van der Waals surface area contributed by atoms with E-state index in [1.54, 1.807) is 0 Å². The molecular formula is C12H19NO5. The summed E-state index contributed by atoms with van der Waals surface area (Å²) in [5.74, 6) is -0.838. The molecule has 2 rings (SSSR count). The lowest BCUT2D eigenvalue weighted by atomic mass is 10.0. The zero-order chi connectivity index (χ0) is 13.0. The molecule has 2 heterocycles. The summed E-state index contributed by atoms with van der Waals surface area (Å²) < 4.78 is 10.5. The molecule has 0 aromatic heterocycles. The van der Waals surface area contributed by atoms with Gasteiger partial charge in [-0.2, -0.15) is 0 Å². The van der Waals surface area contributed by atoms with Crippen molar-refractivity contribution in [3.8, 4) is 0 Å². The van der Waals surface area contributed by atoms with Crippen LogP contribution in [0.15, 0.2) is 0 Å². The van der Waals surface area contributed by atoms with Gasteiger partial charge in [0.2, 0.25) is 5.91 Å². The molecule has 2 saturated heterocycles. The van der Waals surface area contributed by atoms with Crippen LogP contribution < -0.4 is 5.32 Å². The highest BCUT2D eigenvalue weighted by Gasteiger charge is 2.34. The van der Waals surface area contributed by atoms with Crippen LogP contribution in [0.3, 0.4) is 0 Å². The molecule has 0 aliphatic carbocycles. The first-order valence-corrected chi connectivity index (χ1v) is 6.40. The number of hydrogen-bond acceptors (Lipinski definition) is 4. The van der Waals surface area contributed by atoms with Crippen molar-refractivity contribution in [3.63, 3.8) is 0 Å². The molecule has 0 radical (unpaired) electrons. The van der Waals surface area contributed by atoms with Gasteiger partial charge in [-0.1, -0.05) is 0 Å². The summed E-state index contributed by atoms with van der Waals surface area (Å²) in [6.07, 6.45) is 1.52. The highest BCUT2D eigenvalue weighted by Crippen LogP contribution is 2.20. The molecule has 2 aliphatic heterocycles. The first-order chi connectivity index (χ1) is 8.66. The van der Waals surface area contributed by atoms with Crippen LogP contribution in [0.2, 0.25) is 0 Å². The third-order valence-electron chi connectivity index (χ3n) is 3.41. The van der Waals surface area contributed by atoms with Crippen LogP contribution in [-0.2, 0) is 19.1 Å². The van der Waals surface area contributed by atoms with E-state index in [2.05, 4.69) is 5.32 Å². The molecule has 0 aromatic carbocycles. The molecule has 102 valence electrons. The largest absolute Gasteiger partial charge is 0.479 e. The van der Waals surface area contributed by atoms with Gasteiger partial charge >= 0.3 is 5.97 Å². The quantitative estimate of drug-likeness (QED) is 0.749. The monoisotopic (exact) mass is 257 g/mol. The van der Waals surface area contributed by atoms with Crippen molar-refractivity contribution >= 4 is 11.9 Å². The predicted octanol–water partition coefficient (Wildman–Crippen LogP) is 0.161. The van der Waals surface area contributed by atoms with Gasteiger partial charge in [0, 0.05) is 13.2 Å². The summed E-state index contributed by atoms with van der Waals surface area (Å²) in [5.41, 5.74) is 0.